The van der Waals surface area contributed by atoms with Gasteiger partial charge in [0.05, 0.1) is 10.6 Å². The van der Waals surface area contributed by atoms with Gasteiger partial charge in [-0.25, -0.2) is 18.1 Å². The van der Waals surface area contributed by atoms with Gasteiger partial charge in [-0.05, 0) is 61.4 Å². The van der Waals surface area contributed by atoms with Crippen LogP contribution < -0.4 is 14.8 Å². The first-order chi connectivity index (χ1) is 16.8. The van der Waals surface area contributed by atoms with E-state index in [0.717, 1.165) is 11.1 Å². The van der Waals surface area contributed by atoms with Crippen molar-refractivity contribution < 1.29 is 17.9 Å². The fraction of sp³-hybridized carbons (Fsp3) is 0.120. The molecule has 2 N–H and O–H groups in total. The fourth-order valence-corrected chi connectivity index (χ4v) is 4.80. The third-order valence-electron chi connectivity index (χ3n) is 5.54. The second kappa shape index (κ2) is 8.80. The van der Waals surface area contributed by atoms with Gasteiger partial charge in [0.15, 0.2) is 0 Å². The first-order valence-electron chi connectivity index (χ1n) is 10.9. The van der Waals surface area contributed by atoms with Crippen molar-refractivity contribution in [2.24, 2.45) is 0 Å². The number of anilines is 2. The molecule has 3 heterocycles. The molecular weight excluding hydrogens is 466 g/mol. The Labute approximate surface area is 202 Å². The number of nitrogens with one attached hydrogen (secondary N) is 2. The largest absolute Gasteiger partial charge is 0.439 e. The van der Waals surface area contributed by atoms with Crippen LogP contribution in [0.2, 0.25) is 0 Å². The van der Waals surface area contributed by atoms with Gasteiger partial charge in [-0.1, -0.05) is 19.1 Å². The summed E-state index contributed by atoms with van der Waals surface area (Å²) in [6.07, 6.45) is 3.87. The summed E-state index contributed by atoms with van der Waals surface area (Å²) < 4.78 is 35.0. The third-order valence-corrected chi connectivity index (χ3v) is 6.86. The molecule has 0 unspecified atom stereocenters. The van der Waals surface area contributed by atoms with E-state index in [1.54, 1.807) is 48.8 Å². The number of rotatable bonds is 2. The monoisotopic (exact) mass is 487 g/mol. The van der Waals surface area contributed by atoms with E-state index in [-0.39, 0.29) is 16.7 Å². The maximum absolute atomic E-state index is 13.2. The van der Waals surface area contributed by atoms with Gasteiger partial charge in [-0.15, -0.1) is 0 Å². The van der Waals surface area contributed by atoms with Gasteiger partial charge in [0.2, 0.25) is 11.8 Å². The van der Waals surface area contributed by atoms with Gasteiger partial charge < -0.3 is 10.1 Å². The normalized spacial score (nSPS) is 14.2. The third kappa shape index (κ3) is 4.43. The highest BCUT2D eigenvalue weighted by Gasteiger charge is 2.23. The number of ether oxygens (including phenoxy) is 1. The Bertz CT molecular complexity index is 1570. The molecule has 1 aliphatic heterocycles. The van der Waals surface area contributed by atoms with Crippen LogP contribution in [0, 0.1) is 6.92 Å². The van der Waals surface area contributed by atoms with E-state index in [0.29, 0.717) is 34.7 Å². The van der Waals surface area contributed by atoms with Crippen molar-refractivity contribution in [1.29, 1.82) is 0 Å². The summed E-state index contributed by atoms with van der Waals surface area (Å²) in [6, 6.07) is 14.4. The van der Waals surface area contributed by atoms with Crippen LogP contribution in [0.15, 0.2) is 71.9 Å². The number of sulfonamides is 1. The molecule has 4 aromatic rings. The number of aromatic nitrogens is 3. The number of fused-ring (bicyclic) bond motifs is 6. The molecule has 1 aliphatic rings. The van der Waals surface area contributed by atoms with Gasteiger partial charge in [-0.2, -0.15) is 4.98 Å². The Morgan fingerprint density at radius 2 is 1.86 bits per heavy atom. The Morgan fingerprint density at radius 1 is 1.03 bits per heavy atom. The molecule has 0 saturated carbocycles. The molecule has 0 atom stereocenters. The van der Waals surface area contributed by atoms with Crippen molar-refractivity contribution >= 4 is 27.6 Å². The summed E-state index contributed by atoms with van der Waals surface area (Å²) in [5.74, 6) is 0.0334. The number of hydrogen-bond acceptors (Lipinski definition) is 7. The SMILES string of the molecule is CCc1c2nc(nc1-c1ccncc1C)NS(=O)(=O)c1cccc(c1)NC(=O)c1cccc(c1)O2. The number of carbonyl (C=O) groups is 1. The number of amides is 1. The summed E-state index contributed by atoms with van der Waals surface area (Å²) in [7, 11) is -4.07. The van der Waals surface area contributed by atoms with E-state index >= 15 is 0 Å². The highest BCUT2D eigenvalue weighted by atomic mass is 32.2. The summed E-state index contributed by atoms with van der Waals surface area (Å²) >= 11 is 0. The average molecular weight is 488 g/mol. The zero-order valence-corrected chi connectivity index (χ0v) is 19.8. The second-order valence-corrected chi connectivity index (χ2v) is 9.62. The molecule has 2 aromatic carbocycles. The van der Waals surface area contributed by atoms with Crippen LogP contribution in [-0.4, -0.2) is 29.3 Å². The molecule has 176 valence electrons. The Balaban J connectivity index is 1.77. The molecule has 0 aliphatic carbocycles. The van der Waals surface area contributed by atoms with Crippen LogP contribution in [0.4, 0.5) is 11.6 Å². The van der Waals surface area contributed by atoms with Crippen LogP contribution in [0.25, 0.3) is 11.3 Å². The van der Waals surface area contributed by atoms with Crippen molar-refractivity contribution in [2.75, 3.05) is 10.0 Å². The van der Waals surface area contributed by atoms with E-state index in [1.165, 1.54) is 12.1 Å². The van der Waals surface area contributed by atoms with Gasteiger partial charge in [-0.3, -0.25) is 9.78 Å². The highest BCUT2D eigenvalue weighted by molar-refractivity contribution is 7.92. The number of pyridine rings is 1. The zero-order chi connectivity index (χ0) is 24.6. The summed E-state index contributed by atoms with van der Waals surface area (Å²) in [6.45, 7) is 3.83. The molecule has 6 bridgehead atoms. The van der Waals surface area contributed by atoms with Gasteiger partial charge >= 0.3 is 0 Å². The molecule has 5 rings (SSSR count). The van der Waals surface area contributed by atoms with Crippen LogP contribution in [-0.2, 0) is 16.4 Å². The van der Waals surface area contributed by atoms with Crippen molar-refractivity contribution in [3.05, 3.63) is 83.7 Å². The standard InChI is InChI=1S/C25H21N5O4S/c1-3-20-22(21-10-11-26-14-15(21)2)28-25-29-24(20)34-18-8-4-6-16(12-18)23(31)27-17-7-5-9-19(13-17)35(32,33)30-25/h4-14H,3H2,1-2H3,(H,27,31)(H,28,29,30). The van der Waals surface area contributed by atoms with E-state index in [1.807, 2.05) is 19.9 Å². The predicted molar refractivity (Wildman–Crippen MR) is 131 cm³/mol. The molecule has 9 nitrogen and oxygen atoms in total. The number of benzene rings is 2. The molecule has 0 fully saturated rings. The maximum atomic E-state index is 13.2. The minimum atomic E-state index is -4.07. The lowest BCUT2D eigenvalue weighted by molar-refractivity contribution is 0.102. The quantitative estimate of drug-likeness (QED) is 0.425. The van der Waals surface area contributed by atoms with Gasteiger partial charge in [0, 0.05) is 34.8 Å². The number of carbonyl (C=O) groups excluding carboxylic acids is 1. The van der Waals surface area contributed by atoms with E-state index in [2.05, 4.69) is 25.0 Å². The summed E-state index contributed by atoms with van der Waals surface area (Å²) in [5.41, 5.74) is 3.54. The van der Waals surface area contributed by atoms with Crippen LogP contribution in [0.1, 0.15) is 28.4 Å². The Kier molecular flexibility index (Phi) is 5.65. The fourth-order valence-electron chi connectivity index (χ4n) is 3.81. The predicted octanol–water partition coefficient (Wildman–Crippen LogP) is 4.57. The smallest absolute Gasteiger partial charge is 0.264 e. The van der Waals surface area contributed by atoms with Gasteiger partial charge in [0.1, 0.15) is 5.75 Å². The lowest BCUT2D eigenvalue weighted by Gasteiger charge is -2.17. The average Bonchev–Trinajstić information content (AvgIpc) is 2.84. The van der Waals surface area contributed by atoms with Crippen LogP contribution in [0.3, 0.4) is 0 Å². The molecule has 0 spiro atoms. The Hall–Kier alpha value is -4.31. The van der Waals surface area contributed by atoms with Crippen molar-refractivity contribution in [3.8, 4) is 22.9 Å². The van der Waals surface area contributed by atoms with Crippen molar-refractivity contribution in [2.45, 2.75) is 25.2 Å². The van der Waals surface area contributed by atoms with Crippen molar-refractivity contribution in [1.82, 2.24) is 15.0 Å². The maximum Gasteiger partial charge on any atom is 0.264 e. The molecular formula is C25H21N5O4S. The molecule has 0 saturated heterocycles. The Morgan fingerprint density at radius 3 is 2.66 bits per heavy atom. The summed E-state index contributed by atoms with van der Waals surface area (Å²) in [5, 5.41) is 2.72. The number of hydrogen-bond donors (Lipinski definition) is 2. The molecule has 35 heavy (non-hydrogen) atoms. The minimum Gasteiger partial charge on any atom is -0.439 e. The molecule has 0 radical (unpaired) electrons. The lowest BCUT2D eigenvalue weighted by Crippen LogP contribution is -2.18. The number of aryl methyl sites for hydroxylation is 1. The highest BCUT2D eigenvalue weighted by Crippen LogP contribution is 2.34. The van der Waals surface area contributed by atoms with Gasteiger partial charge in [0.25, 0.3) is 15.9 Å². The first-order valence-corrected chi connectivity index (χ1v) is 12.4. The second-order valence-electron chi connectivity index (χ2n) is 7.94. The molecule has 2 aromatic heterocycles. The topological polar surface area (TPSA) is 123 Å². The van der Waals surface area contributed by atoms with E-state index in [9.17, 15) is 13.2 Å². The first kappa shape index (κ1) is 22.5. The van der Waals surface area contributed by atoms with Crippen LogP contribution in [0.5, 0.6) is 11.6 Å². The van der Waals surface area contributed by atoms with Crippen LogP contribution >= 0.6 is 0 Å². The molecule has 1 amide bonds. The minimum absolute atomic E-state index is 0.0478. The number of nitrogens with zero attached hydrogens (tertiary/aromatic N) is 3. The van der Waals surface area contributed by atoms with Crippen molar-refractivity contribution in [3.63, 3.8) is 0 Å². The molecule has 10 heteroatoms. The zero-order valence-electron chi connectivity index (χ0n) is 18.9. The van der Waals surface area contributed by atoms with E-state index < -0.39 is 15.9 Å². The lowest BCUT2D eigenvalue weighted by atomic mass is 10.0. The van der Waals surface area contributed by atoms with E-state index in [4.69, 9.17) is 4.74 Å². The summed E-state index contributed by atoms with van der Waals surface area (Å²) in [4.78, 5) is 25.9.